The van der Waals surface area contributed by atoms with Crippen LogP contribution in [0.2, 0.25) is 0 Å². The van der Waals surface area contributed by atoms with Crippen LogP contribution in [0.5, 0.6) is 0 Å². The maximum absolute atomic E-state index is 13.0. The molecule has 2 radical (unpaired) electrons. The normalized spacial score (nSPS) is 11.6. The van der Waals surface area contributed by atoms with Gasteiger partial charge in [0.2, 0.25) is 0 Å². The zero-order chi connectivity index (χ0) is 9.19. The van der Waals surface area contributed by atoms with E-state index < -0.39 is 5.92 Å². The molecule has 0 aliphatic rings. The van der Waals surface area contributed by atoms with Crippen molar-refractivity contribution in [2.75, 3.05) is 0 Å². The van der Waals surface area contributed by atoms with Crippen molar-refractivity contribution in [1.29, 1.82) is 0 Å². The standard InChI is InChI=1S/C9H9BF2/c1-2-9(11,12)7-3-5-8(10)6-4-7/h3-6H,2H2,1H3. The summed E-state index contributed by atoms with van der Waals surface area (Å²) in [6, 6.07) is 5.69. The molecule has 62 valence electrons. The zero-order valence-electron chi connectivity index (χ0n) is 6.85. The van der Waals surface area contributed by atoms with E-state index >= 15 is 0 Å². The van der Waals surface area contributed by atoms with Crippen molar-refractivity contribution in [1.82, 2.24) is 0 Å². The largest absolute Gasteiger partial charge is 0.273 e. The van der Waals surface area contributed by atoms with Crippen molar-refractivity contribution >= 4 is 13.3 Å². The van der Waals surface area contributed by atoms with Crippen molar-refractivity contribution in [3.8, 4) is 0 Å². The summed E-state index contributed by atoms with van der Waals surface area (Å²) in [5, 5.41) is 0. The molecule has 0 N–H and O–H groups in total. The maximum Gasteiger partial charge on any atom is 0.273 e. The van der Waals surface area contributed by atoms with E-state index in [-0.39, 0.29) is 12.0 Å². The van der Waals surface area contributed by atoms with E-state index in [1.165, 1.54) is 31.2 Å². The highest BCUT2D eigenvalue weighted by Crippen LogP contribution is 2.30. The molecule has 0 unspecified atom stereocenters. The van der Waals surface area contributed by atoms with Crippen molar-refractivity contribution in [3.63, 3.8) is 0 Å². The molecule has 0 aliphatic carbocycles. The zero-order valence-corrected chi connectivity index (χ0v) is 6.85. The monoisotopic (exact) mass is 166 g/mol. The van der Waals surface area contributed by atoms with Gasteiger partial charge in [0, 0.05) is 12.0 Å². The lowest BCUT2D eigenvalue weighted by Crippen LogP contribution is -2.13. The minimum absolute atomic E-state index is 0.0270. The Balaban J connectivity index is 2.96. The minimum atomic E-state index is -2.73. The van der Waals surface area contributed by atoms with Crippen LogP contribution in [-0.4, -0.2) is 7.85 Å². The fourth-order valence-corrected chi connectivity index (χ4v) is 0.931. The number of rotatable bonds is 2. The molecule has 0 amide bonds. The number of halogens is 2. The first kappa shape index (κ1) is 9.23. The third kappa shape index (κ3) is 1.84. The van der Waals surface area contributed by atoms with Gasteiger partial charge in [-0.2, -0.15) is 0 Å². The number of alkyl halides is 2. The Morgan fingerprint density at radius 3 is 2.17 bits per heavy atom. The third-order valence-corrected chi connectivity index (χ3v) is 1.78. The molecule has 0 spiro atoms. The molecule has 0 aromatic heterocycles. The van der Waals surface area contributed by atoms with E-state index in [0.29, 0.717) is 5.46 Å². The van der Waals surface area contributed by atoms with E-state index in [1.54, 1.807) is 0 Å². The molecule has 12 heavy (non-hydrogen) atoms. The Bertz CT molecular complexity index is 254. The number of benzene rings is 1. The highest BCUT2D eigenvalue weighted by molar-refractivity contribution is 6.32. The molecule has 0 saturated heterocycles. The summed E-state index contributed by atoms with van der Waals surface area (Å²) in [6.07, 6.45) is -0.184. The predicted molar refractivity (Wildman–Crippen MR) is 46.0 cm³/mol. The molecular weight excluding hydrogens is 157 g/mol. The van der Waals surface area contributed by atoms with Gasteiger partial charge in [0.05, 0.1) is 0 Å². The van der Waals surface area contributed by atoms with Crippen LogP contribution in [0.4, 0.5) is 8.78 Å². The van der Waals surface area contributed by atoms with Crippen LogP contribution in [0, 0.1) is 0 Å². The second-order valence-electron chi connectivity index (χ2n) is 2.68. The van der Waals surface area contributed by atoms with Crippen LogP contribution in [0.3, 0.4) is 0 Å². The molecule has 0 bridgehead atoms. The van der Waals surface area contributed by atoms with Gasteiger partial charge in [-0.15, -0.1) is 0 Å². The summed E-state index contributed by atoms with van der Waals surface area (Å²) in [5.74, 6) is -2.73. The number of hydrogen-bond acceptors (Lipinski definition) is 0. The summed E-state index contributed by atoms with van der Waals surface area (Å²) in [6.45, 7) is 1.45. The second kappa shape index (κ2) is 3.25. The van der Waals surface area contributed by atoms with Gasteiger partial charge in [-0.05, 0) is 0 Å². The van der Waals surface area contributed by atoms with Gasteiger partial charge in [-0.1, -0.05) is 36.7 Å². The van der Waals surface area contributed by atoms with E-state index in [4.69, 9.17) is 7.85 Å². The molecule has 1 aromatic rings. The summed E-state index contributed by atoms with van der Waals surface area (Å²) >= 11 is 0. The van der Waals surface area contributed by atoms with Gasteiger partial charge in [0.1, 0.15) is 7.85 Å². The first-order chi connectivity index (χ1) is 5.56. The Morgan fingerprint density at radius 2 is 1.75 bits per heavy atom. The predicted octanol–water partition coefficient (Wildman–Crippen LogP) is 1.98. The van der Waals surface area contributed by atoms with Gasteiger partial charge in [-0.25, -0.2) is 8.78 Å². The summed E-state index contributed by atoms with van der Waals surface area (Å²) in [5.41, 5.74) is 0.532. The minimum Gasteiger partial charge on any atom is -0.201 e. The van der Waals surface area contributed by atoms with Crippen LogP contribution in [0.1, 0.15) is 18.9 Å². The van der Waals surface area contributed by atoms with Gasteiger partial charge in [0.25, 0.3) is 5.92 Å². The Labute approximate surface area is 72.0 Å². The molecule has 0 aliphatic heterocycles. The first-order valence-electron chi connectivity index (χ1n) is 3.80. The van der Waals surface area contributed by atoms with Crippen LogP contribution < -0.4 is 5.46 Å². The van der Waals surface area contributed by atoms with Gasteiger partial charge >= 0.3 is 0 Å². The topological polar surface area (TPSA) is 0 Å². The van der Waals surface area contributed by atoms with Gasteiger partial charge < -0.3 is 0 Å². The molecule has 0 atom stereocenters. The summed E-state index contributed by atoms with van der Waals surface area (Å²) in [7, 11) is 5.37. The SMILES string of the molecule is [B]c1ccc(C(F)(F)CC)cc1. The van der Waals surface area contributed by atoms with Crippen LogP contribution in [0.25, 0.3) is 0 Å². The fourth-order valence-electron chi connectivity index (χ4n) is 0.931. The van der Waals surface area contributed by atoms with Crippen LogP contribution in [0.15, 0.2) is 24.3 Å². The van der Waals surface area contributed by atoms with Crippen LogP contribution >= 0.6 is 0 Å². The second-order valence-corrected chi connectivity index (χ2v) is 2.68. The maximum atomic E-state index is 13.0. The quantitative estimate of drug-likeness (QED) is 0.589. The molecule has 0 heterocycles. The van der Waals surface area contributed by atoms with E-state index in [1.807, 2.05) is 0 Å². The molecule has 3 heteroatoms. The van der Waals surface area contributed by atoms with E-state index in [0.717, 1.165) is 0 Å². The highest BCUT2D eigenvalue weighted by Gasteiger charge is 2.28. The lowest BCUT2D eigenvalue weighted by atomic mass is 9.94. The summed E-state index contributed by atoms with van der Waals surface area (Å²) in [4.78, 5) is 0. The van der Waals surface area contributed by atoms with E-state index in [2.05, 4.69) is 0 Å². The fraction of sp³-hybridized carbons (Fsp3) is 0.333. The Kier molecular flexibility index (Phi) is 2.50. The average molecular weight is 166 g/mol. The van der Waals surface area contributed by atoms with Crippen LogP contribution in [-0.2, 0) is 5.92 Å². The van der Waals surface area contributed by atoms with Crippen molar-refractivity contribution in [2.45, 2.75) is 19.3 Å². The molecular formula is C9H9BF2. The molecule has 0 nitrogen and oxygen atoms in total. The van der Waals surface area contributed by atoms with E-state index in [9.17, 15) is 8.78 Å². The van der Waals surface area contributed by atoms with Crippen molar-refractivity contribution in [2.24, 2.45) is 0 Å². The molecule has 1 rings (SSSR count). The molecule has 1 aromatic carbocycles. The van der Waals surface area contributed by atoms with Gasteiger partial charge in [0.15, 0.2) is 0 Å². The lowest BCUT2D eigenvalue weighted by molar-refractivity contribution is -0.00826. The first-order valence-corrected chi connectivity index (χ1v) is 3.80. The third-order valence-electron chi connectivity index (χ3n) is 1.78. The Hall–Kier alpha value is -0.855. The smallest absolute Gasteiger partial charge is 0.201 e. The number of hydrogen-bond donors (Lipinski definition) is 0. The van der Waals surface area contributed by atoms with Crippen molar-refractivity contribution < 1.29 is 8.78 Å². The molecule has 0 saturated carbocycles. The average Bonchev–Trinajstić information content (AvgIpc) is 2.05. The van der Waals surface area contributed by atoms with Crippen molar-refractivity contribution in [3.05, 3.63) is 29.8 Å². The van der Waals surface area contributed by atoms with Gasteiger partial charge in [-0.3, -0.25) is 0 Å². The lowest BCUT2D eigenvalue weighted by Gasteiger charge is -2.13. The summed E-state index contributed by atoms with van der Waals surface area (Å²) < 4.78 is 26.0. The highest BCUT2D eigenvalue weighted by atomic mass is 19.3. The Morgan fingerprint density at radius 1 is 1.25 bits per heavy atom. The molecule has 0 fully saturated rings.